The van der Waals surface area contributed by atoms with E-state index in [4.69, 9.17) is 0 Å². The van der Waals surface area contributed by atoms with Crippen LogP contribution < -0.4 is 4.72 Å². The topological polar surface area (TPSA) is 95.1 Å². The van der Waals surface area contributed by atoms with Crippen molar-refractivity contribution in [1.29, 1.82) is 0 Å². The minimum absolute atomic E-state index is 0.0138. The summed E-state index contributed by atoms with van der Waals surface area (Å²) in [5.74, 6) is 0.554. The zero-order chi connectivity index (χ0) is 13.3. The molecular formula is C11H13N3O3S. The average Bonchev–Trinajstić information content (AvgIpc) is 2.71. The lowest BCUT2D eigenvalue weighted by atomic mass is 10.2. The number of aromatic amines is 1. The van der Waals surface area contributed by atoms with Crippen molar-refractivity contribution in [3.05, 3.63) is 35.8 Å². The maximum atomic E-state index is 11.9. The van der Waals surface area contributed by atoms with Crippen LogP contribution in [-0.2, 0) is 10.0 Å². The molecule has 1 heterocycles. The van der Waals surface area contributed by atoms with Gasteiger partial charge in [-0.3, -0.25) is 4.72 Å². The molecule has 96 valence electrons. The molecule has 3 N–H and O–H groups in total. The molecule has 0 spiro atoms. The summed E-state index contributed by atoms with van der Waals surface area (Å²) < 4.78 is 26.3. The number of rotatable bonds is 3. The fraction of sp³-hybridized carbons (Fsp3) is 0.182. The number of nitrogens with zero attached hydrogens (tertiary/aromatic N) is 1. The fourth-order valence-corrected chi connectivity index (χ4v) is 2.44. The lowest BCUT2D eigenvalue weighted by Crippen LogP contribution is -2.13. The lowest BCUT2D eigenvalue weighted by molar-refractivity contribution is 0.471. The van der Waals surface area contributed by atoms with E-state index < -0.39 is 10.0 Å². The van der Waals surface area contributed by atoms with E-state index in [9.17, 15) is 13.5 Å². The van der Waals surface area contributed by atoms with Gasteiger partial charge in [-0.1, -0.05) is 6.07 Å². The highest BCUT2D eigenvalue weighted by Crippen LogP contribution is 2.22. The number of anilines is 1. The SMILES string of the molecule is Cc1ncc(S(=O)(=O)Nc2ccc(C)c(O)c2)[nH]1. The van der Waals surface area contributed by atoms with Crippen LogP contribution in [0.15, 0.2) is 29.4 Å². The van der Waals surface area contributed by atoms with Crippen molar-refractivity contribution in [3.8, 4) is 5.75 Å². The van der Waals surface area contributed by atoms with E-state index in [1.54, 1.807) is 26.0 Å². The molecule has 0 aliphatic rings. The predicted molar refractivity (Wildman–Crippen MR) is 67.0 cm³/mol. The van der Waals surface area contributed by atoms with E-state index in [1.165, 1.54) is 12.3 Å². The normalized spacial score (nSPS) is 11.4. The Bertz CT molecular complexity index is 677. The van der Waals surface area contributed by atoms with Crippen molar-refractivity contribution in [2.45, 2.75) is 18.9 Å². The van der Waals surface area contributed by atoms with Crippen LogP contribution in [0, 0.1) is 13.8 Å². The van der Waals surface area contributed by atoms with Crippen LogP contribution in [0.5, 0.6) is 5.75 Å². The molecule has 1 aromatic carbocycles. The number of benzene rings is 1. The molecule has 0 unspecified atom stereocenters. The van der Waals surface area contributed by atoms with Crippen molar-refractivity contribution in [1.82, 2.24) is 9.97 Å². The fourth-order valence-electron chi connectivity index (χ4n) is 1.42. The Balaban J connectivity index is 2.30. The highest BCUT2D eigenvalue weighted by Gasteiger charge is 2.16. The van der Waals surface area contributed by atoms with Gasteiger partial charge in [0.1, 0.15) is 11.6 Å². The van der Waals surface area contributed by atoms with Crippen LogP contribution in [0.3, 0.4) is 0 Å². The van der Waals surface area contributed by atoms with Crippen LogP contribution in [0.4, 0.5) is 5.69 Å². The Labute approximate surface area is 105 Å². The number of H-pyrrole nitrogens is 1. The molecule has 0 saturated carbocycles. The number of aromatic hydroxyl groups is 1. The molecule has 0 aliphatic carbocycles. The van der Waals surface area contributed by atoms with Crippen molar-refractivity contribution in [2.75, 3.05) is 4.72 Å². The Morgan fingerprint density at radius 1 is 1.33 bits per heavy atom. The first-order valence-corrected chi connectivity index (χ1v) is 6.71. The molecule has 0 aliphatic heterocycles. The van der Waals surface area contributed by atoms with Crippen molar-refractivity contribution in [3.63, 3.8) is 0 Å². The Kier molecular flexibility index (Phi) is 3.00. The summed E-state index contributed by atoms with van der Waals surface area (Å²) in [4.78, 5) is 6.47. The summed E-state index contributed by atoms with van der Waals surface area (Å²) in [7, 11) is -3.70. The molecule has 2 rings (SSSR count). The third-order valence-corrected chi connectivity index (χ3v) is 3.72. The van der Waals surface area contributed by atoms with Crippen molar-refractivity contribution >= 4 is 15.7 Å². The predicted octanol–water partition coefficient (Wildman–Crippen LogP) is 1.53. The lowest BCUT2D eigenvalue weighted by Gasteiger charge is -2.07. The molecular weight excluding hydrogens is 254 g/mol. The largest absolute Gasteiger partial charge is 0.508 e. The van der Waals surface area contributed by atoms with Gasteiger partial charge in [0.25, 0.3) is 10.0 Å². The number of phenolic OH excluding ortho intramolecular Hbond substituents is 1. The quantitative estimate of drug-likeness (QED) is 0.786. The second kappa shape index (κ2) is 4.34. The summed E-state index contributed by atoms with van der Waals surface area (Å²) in [6.07, 6.45) is 1.24. The molecule has 0 bridgehead atoms. The van der Waals surface area contributed by atoms with Gasteiger partial charge in [0.15, 0.2) is 5.03 Å². The van der Waals surface area contributed by atoms with Gasteiger partial charge in [-0.2, -0.15) is 8.42 Å². The van der Waals surface area contributed by atoms with Gasteiger partial charge in [-0.25, -0.2) is 4.98 Å². The van der Waals surface area contributed by atoms with E-state index in [2.05, 4.69) is 14.7 Å². The minimum Gasteiger partial charge on any atom is -0.508 e. The van der Waals surface area contributed by atoms with Crippen LogP contribution >= 0.6 is 0 Å². The van der Waals surface area contributed by atoms with Gasteiger partial charge >= 0.3 is 0 Å². The minimum atomic E-state index is -3.70. The van der Waals surface area contributed by atoms with E-state index in [0.29, 0.717) is 17.1 Å². The first-order chi connectivity index (χ1) is 8.38. The van der Waals surface area contributed by atoms with Crippen LogP contribution in [-0.4, -0.2) is 23.5 Å². The molecule has 0 fully saturated rings. The molecule has 7 heteroatoms. The molecule has 1 aromatic heterocycles. The van der Waals surface area contributed by atoms with Crippen LogP contribution in [0.2, 0.25) is 0 Å². The van der Waals surface area contributed by atoms with Gasteiger partial charge in [-0.05, 0) is 25.5 Å². The van der Waals surface area contributed by atoms with Gasteiger partial charge < -0.3 is 10.1 Å². The zero-order valence-electron chi connectivity index (χ0n) is 9.93. The van der Waals surface area contributed by atoms with Gasteiger partial charge in [0.05, 0.1) is 11.9 Å². The van der Waals surface area contributed by atoms with E-state index >= 15 is 0 Å². The monoisotopic (exact) mass is 267 g/mol. The molecule has 6 nitrogen and oxygen atoms in total. The number of imidazole rings is 1. The maximum absolute atomic E-state index is 11.9. The smallest absolute Gasteiger partial charge is 0.278 e. The first-order valence-electron chi connectivity index (χ1n) is 5.22. The number of aryl methyl sites for hydroxylation is 2. The average molecular weight is 267 g/mol. The molecule has 0 radical (unpaired) electrons. The Morgan fingerprint density at radius 2 is 2.06 bits per heavy atom. The maximum Gasteiger partial charge on any atom is 0.278 e. The number of hydrogen-bond donors (Lipinski definition) is 3. The van der Waals surface area contributed by atoms with E-state index in [-0.39, 0.29) is 10.8 Å². The Morgan fingerprint density at radius 3 is 2.61 bits per heavy atom. The number of hydrogen-bond acceptors (Lipinski definition) is 4. The zero-order valence-corrected chi connectivity index (χ0v) is 10.7. The molecule has 0 saturated heterocycles. The molecule has 0 amide bonds. The summed E-state index contributed by atoms with van der Waals surface area (Å²) in [5, 5.41) is 9.50. The van der Waals surface area contributed by atoms with Crippen molar-refractivity contribution in [2.24, 2.45) is 0 Å². The number of nitrogens with one attached hydrogen (secondary N) is 2. The summed E-state index contributed by atoms with van der Waals surface area (Å²) in [6.45, 7) is 3.39. The number of phenols is 1. The van der Waals surface area contributed by atoms with Gasteiger partial charge in [0.2, 0.25) is 0 Å². The summed E-state index contributed by atoms with van der Waals surface area (Å²) in [6, 6.07) is 4.57. The molecule has 18 heavy (non-hydrogen) atoms. The summed E-state index contributed by atoms with van der Waals surface area (Å²) in [5.41, 5.74) is 0.973. The Hall–Kier alpha value is -2.02. The van der Waals surface area contributed by atoms with Crippen molar-refractivity contribution < 1.29 is 13.5 Å². The number of aromatic nitrogens is 2. The van der Waals surface area contributed by atoms with Crippen LogP contribution in [0.1, 0.15) is 11.4 Å². The third kappa shape index (κ3) is 2.45. The molecule has 2 aromatic rings. The second-order valence-corrected chi connectivity index (χ2v) is 5.59. The standard InChI is InChI=1S/C11H13N3O3S/c1-7-3-4-9(5-10(7)15)14-18(16,17)11-6-12-8(2)13-11/h3-6,14-15H,1-2H3,(H,12,13). The van der Waals surface area contributed by atoms with E-state index in [1.807, 2.05) is 0 Å². The van der Waals surface area contributed by atoms with Gasteiger partial charge in [0, 0.05) is 6.07 Å². The number of sulfonamides is 1. The summed E-state index contributed by atoms with van der Waals surface area (Å²) >= 11 is 0. The second-order valence-electron chi connectivity index (χ2n) is 3.94. The highest BCUT2D eigenvalue weighted by atomic mass is 32.2. The third-order valence-electron chi connectivity index (χ3n) is 2.43. The first kappa shape index (κ1) is 12.4. The highest BCUT2D eigenvalue weighted by molar-refractivity contribution is 7.92. The molecule has 0 atom stereocenters. The van der Waals surface area contributed by atoms with Gasteiger partial charge in [-0.15, -0.1) is 0 Å². The van der Waals surface area contributed by atoms with Crippen LogP contribution in [0.25, 0.3) is 0 Å². The van der Waals surface area contributed by atoms with E-state index in [0.717, 1.165) is 0 Å².